The molecule has 3 fully saturated rings. The number of carbonyl (C=O) groups is 1. The third kappa shape index (κ3) is 30.1. The van der Waals surface area contributed by atoms with Crippen LogP contribution in [0.15, 0.2) is 60.8 Å². The van der Waals surface area contributed by atoms with Crippen molar-refractivity contribution in [1.29, 1.82) is 0 Å². The SMILES string of the molecule is CCCCCCC/C=C\C/C=C\CCCCCCCCCCCCCC(=O)NC(COC1OC(CO)C(OC2OC(CO)C(OC3OC(CO)C(O)C(O)C3O)C(O)C2O)C(O)C1O)C(O)/C=C/CC/C=C/CC/C=C/CCCCCCCC. The van der Waals surface area contributed by atoms with Gasteiger partial charge in [-0.25, -0.2) is 0 Å². The fourth-order valence-corrected chi connectivity index (χ4v) is 10.7. The quantitative estimate of drug-likeness (QED) is 0.0211. The van der Waals surface area contributed by atoms with E-state index in [2.05, 4.69) is 67.8 Å². The largest absolute Gasteiger partial charge is 0.394 e. The highest BCUT2D eigenvalue weighted by molar-refractivity contribution is 5.76. The highest BCUT2D eigenvalue weighted by Crippen LogP contribution is 2.33. The zero-order valence-electron chi connectivity index (χ0n) is 51.1. The van der Waals surface area contributed by atoms with E-state index >= 15 is 0 Å². The summed E-state index contributed by atoms with van der Waals surface area (Å²) < 4.78 is 34.3. The molecule has 3 heterocycles. The number of unbranched alkanes of at least 4 members (excludes halogenated alkanes) is 24. The van der Waals surface area contributed by atoms with Crippen LogP contribution in [0.25, 0.3) is 0 Å². The van der Waals surface area contributed by atoms with Gasteiger partial charge in [-0.3, -0.25) is 4.79 Å². The molecule has 488 valence electrons. The van der Waals surface area contributed by atoms with E-state index in [1.165, 1.54) is 116 Å². The predicted octanol–water partition coefficient (Wildman–Crippen LogP) is 7.21. The molecule has 0 spiro atoms. The minimum atomic E-state index is -1.98. The molecule has 0 radical (unpaired) electrons. The van der Waals surface area contributed by atoms with E-state index in [0.29, 0.717) is 12.8 Å². The second-order valence-electron chi connectivity index (χ2n) is 23.2. The molecule has 17 unspecified atom stereocenters. The van der Waals surface area contributed by atoms with Gasteiger partial charge < -0.3 is 89.9 Å². The lowest BCUT2D eigenvalue weighted by atomic mass is 9.96. The number of ether oxygens (including phenoxy) is 6. The van der Waals surface area contributed by atoms with Gasteiger partial charge in [-0.2, -0.15) is 0 Å². The molecular weight excluding hydrogens is 1080 g/mol. The smallest absolute Gasteiger partial charge is 0.220 e. The van der Waals surface area contributed by atoms with Crippen molar-refractivity contribution in [1.82, 2.24) is 5.32 Å². The van der Waals surface area contributed by atoms with E-state index < -0.39 is 124 Å². The summed E-state index contributed by atoms with van der Waals surface area (Å²) >= 11 is 0. The summed E-state index contributed by atoms with van der Waals surface area (Å²) in [5, 5.41) is 120. The molecule has 12 N–H and O–H groups in total. The molecular formula is C65H115NO18. The number of hydrogen-bond acceptors (Lipinski definition) is 18. The number of aliphatic hydroxyl groups excluding tert-OH is 11. The average Bonchev–Trinajstić information content (AvgIpc) is 3.69. The van der Waals surface area contributed by atoms with Crippen LogP contribution >= 0.6 is 0 Å². The Balaban J connectivity index is 1.48. The van der Waals surface area contributed by atoms with Crippen molar-refractivity contribution in [2.45, 2.75) is 317 Å². The van der Waals surface area contributed by atoms with Crippen LogP contribution in [-0.4, -0.2) is 193 Å². The van der Waals surface area contributed by atoms with Crippen molar-refractivity contribution < 1.29 is 89.4 Å². The lowest BCUT2D eigenvalue weighted by Gasteiger charge is -2.48. The van der Waals surface area contributed by atoms with E-state index in [4.69, 9.17) is 28.4 Å². The zero-order valence-corrected chi connectivity index (χ0v) is 51.1. The zero-order chi connectivity index (χ0) is 61.2. The van der Waals surface area contributed by atoms with Crippen LogP contribution in [-0.2, 0) is 33.2 Å². The van der Waals surface area contributed by atoms with Crippen molar-refractivity contribution in [2.75, 3.05) is 26.4 Å². The maximum Gasteiger partial charge on any atom is 0.220 e. The monoisotopic (exact) mass is 1200 g/mol. The summed E-state index contributed by atoms with van der Waals surface area (Å²) in [6.45, 7) is 1.67. The number of amides is 1. The van der Waals surface area contributed by atoms with E-state index in [9.17, 15) is 61.0 Å². The number of allylic oxidation sites excluding steroid dienone is 9. The number of carbonyl (C=O) groups excluding carboxylic acids is 1. The molecule has 3 saturated heterocycles. The van der Waals surface area contributed by atoms with Crippen LogP contribution < -0.4 is 5.32 Å². The summed E-state index contributed by atoms with van der Waals surface area (Å²) in [5.41, 5.74) is 0. The van der Waals surface area contributed by atoms with Crippen molar-refractivity contribution >= 4 is 5.91 Å². The number of aliphatic hydroxyl groups is 11. The van der Waals surface area contributed by atoms with Crippen LogP contribution in [0.3, 0.4) is 0 Å². The molecule has 3 rings (SSSR count). The maximum atomic E-state index is 13.4. The Morgan fingerprint density at radius 2 is 0.798 bits per heavy atom. The number of hydrogen-bond donors (Lipinski definition) is 12. The summed E-state index contributed by atoms with van der Waals surface area (Å²) in [4.78, 5) is 13.4. The second-order valence-corrected chi connectivity index (χ2v) is 23.2. The average molecular weight is 1200 g/mol. The summed E-state index contributed by atoms with van der Waals surface area (Å²) in [6.07, 6.45) is 29.1. The number of rotatable bonds is 48. The van der Waals surface area contributed by atoms with E-state index in [-0.39, 0.29) is 18.9 Å². The molecule has 0 bridgehead atoms. The summed E-state index contributed by atoms with van der Waals surface area (Å²) in [7, 11) is 0. The van der Waals surface area contributed by atoms with Gasteiger partial charge in [-0.1, -0.05) is 190 Å². The minimum absolute atomic E-state index is 0.228. The summed E-state index contributed by atoms with van der Waals surface area (Å²) in [5.74, 6) is -0.294. The van der Waals surface area contributed by atoms with Gasteiger partial charge >= 0.3 is 0 Å². The molecule has 0 saturated carbocycles. The molecule has 19 nitrogen and oxygen atoms in total. The van der Waals surface area contributed by atoms with Gasteiger partial charge in [0, 0.05) is 6.42 Å². The Hall–Kier alpha value is -2.51. The molecule has 19 heteroatoms. The van der Waals surface area contributed by atoms with Crippen molar-refractivity contribution in [2.24, 2.45) is 0 Å². The van der Waals surface area contributed by atoms with Gasteiger partial charge in [0.1, 0.15) is 73.2 Å². The fourth-order valence-electron chi connectivity index (χ4n) is 10.7. The lowest BCUT2D eigenvalue weighted by Crippen LogP contribution is -2.66. The Morgan fingerprint density at radius 3 is 1.26 bits per heavy atom. The standard InChI is InChI=1S/C65H115NO18/c1-3-5-7-9-11-13-15-17-19-21-22-23-24-25-26-27-29-31-33-35-37-39-41-43-53(71)66-48(49(70)42-40-38-36-34-32-30-28-20-18-16-14-12-10-8-6-4-2)47-79-63-59(77)56(74)61(51(45-68)81-63)84-65-60(78)57(75)62(52(46-69)82-65)83-64-58(76)55(73)54(72)50(44-67)80-64/h15,17-18,20-22,32,34,40,42,48-52,54-65,67-70,72-78H,3-14,16,19,23-31,33,35-39,41,43-47H2,1-2H3,(H,66,71)/b17-15-,20-18+,22-21-,34-32+,42-40+. The van der Waals surface area contributed by atoms with Crippen LogP contribution in [0.2, 0.25) is 0 Å². The molecule has 3 aliphatic heterocycles. The van der Waals surface area contributed by atoms with E-state index in [1.807, 2.05) is 6.08 Å². The van der Waals surface area contributed by atoms with Gasteiger partial charge in [0.25, 0.3) is 0 Å². The van der Waals surface area contributed by atoms with Crippen molar-refractivity contribution in [3.8, 4) is 0 Å². The highest BCUT2D eigenvalue weighted by atomic mass is 16.8. The third-order valence-corrected chi connectivity index (χ3v) is 16.0. The molecule has 0 aromatic rings. The fraction of sp³-hybridized carbons (Fsp3) is 0.831. The van der Waals surface area contributed by atoms with Gasteiger partial charge in [0.15, 0.2) is 18.9 Å². The minimum Gasteiger partial charge on any atom is -0.394 e. The van der Waals surface area contributed by atoms with Gasteiger partial charge in [0.05, 0.1) is 38.6 Å². The van der Waals surface area contributed by atoms with Crippen LogP contribution in [0.5, 0.6) is 0 Å². The third-order valence-electron chi connectivity index (χ3n) is 16.0. The Labute approximate surface area is 503 Å². The van der Waals surface area contributed by atoms with Crippen LogP contribution in [0, 0.1) is 0 Å². The van der Waals surface area contributed by atoms with Crippen LogP contribution in [0.4, 0.5) is 0 Å². The first kappa shape index (κ1) is 75.7. The van der Waals surface area contributed by atoms with Gasteiger partial charge in [-0.15, -0.1) is 0 Å². The first-order chi connectivity index (χ1) is 40.8. The first-order valence-electron chi connectivity index (χ1n) is 32.5. The Bertz CT molecular complexity index is 1770. The normalized spacial score (nSPS) is 29.6. The summed E-state index contributed by atoms with van der Waals surface area (Å²) in [6, 6.07) is -0.999. The first-order valence-corrected chi connectivity index (χ1v) is 32.5. The maximum absolute atomic E-state index is 13.4. The van der Waals surface area contributed by atoms with Crippen molar-refractivity contribution in [3.05, 3.63) is 60.8 Å². The van der Waals surface area contributed by atoms with Crippen molar-refractivity contribution in [3.63, 3.8) is 0 Å². The topological polar surface area (TPSA) is 307 Å². The van der Waals surface area contributed by atoms with E-state index in [0.717, 1.165) is 64.2 Å². The predicted molar refractivity (Wildman–Crippen MR) is 323 cm³/mol. The van der Waals surface area contributed by atoms with E-state index in [1.54, 1.807) is 6.08 Å². The lowest BCUT2D eigenvalue weighted by molar-refractivity contribution is -0.379. The van der Waals surface area contributed by atoms with Gasteiger partial charge in [0.2, 0.25) is 5.91 Å². The second kappa shape index (κ2) is 47.5. The Kier molecular flexibility index (Phi) is 42.8. The molecule has 0 aliphatic carbocycles. The molecule has 3 aliphatic rings. The Morgan fingerprint density at radius 1 is 0.429 bits per heavy atom. The van der Waals surface area contributed by atoms with Gasteiger partial charge in [-0.05, 0) is 77.0 Å². The molecule has 0 aromatic heterocycles. The molecule has 0 aromatic carbocycles. The molecule has 17 atom stereocenters. The number of nitrogens with one attached hydrogen (secondary N) is 1. The highest BCUT2D eigenvalue weighted by Gasteiger charge is 2.53. The molecule has 1 amide bonds. The van der Waals surface area contributed by atoms with Crippen LogP contribution in [0.1, 0.15) is 213 Å². The molecule has 84 heavy (non-hydrogen) atoms.